The van der Waals surface area contributed by atoms with Crippen molar-refractivity contribution >= 4 is 12.0 Å². The molecular formula is C19H19O4-. The third-order valence-electron chi connectivity index (χ3n) is 3.09. The number of carbonyl (C=O) groups is 1. The molecule has 120 valence electrons. The van der Waals surface area contributed by atoms with Gasteiger partial charge in [-0.15, -0.1) is 0 Å². The van der Waals surface area contributed by atoms with Gasteiger partial charge in [-0.3, -0.25) is 0 Å². The summed E-state index contributed by atoms with van der Waals surface area (Å²) in [5, 5.41) is 11.0. The summed E-state index contributed by atoms with van der Waals surface area (Å²) in [5.74, 6) is -0.761. The lowest BCUT2D eigenvalue weighted by Gasteiger charge is -2.11. The average Bonchev–Trinajstić information content (AvgIpc) is 2.58. The Labute approximate surface area is 136 Å². The summed E-state index contributed by atoms with van der Waals surface area (Å²) >= 11 is 0. The predicted octanol–water partition coefficient (Wildman–Crippen LogP) is 2.78. The van der Waals surface area contributed by atoms with Crippen molar-refractivity contribution in [2.24, 2.45) is 0 Å². The molecule has 2 aromatic carbocycles. The summed E-state index contributed by atoms with van der Waals surface area (Å²) in [7, 11) is 0. The lowest BCUT2D eigenvalue weighted by atomic mass is 10.2. The summed E-state index contributed by atoms with van der Waals surface area (Å²) in [6.07, 6.45) is 2.18. The van der Waals surface area contributed by atoms with Crippen molar-refractivity contribution in [3.63, 3.8) is 0 Å². The van der Waals surface area contributed by atoms with Gasteiger partial charge in [-0.25, -0.2) is 0 Å². The molecule has 4 heteroatoms. The van der Waals surface area contributed by atoms with E-state index in [1.165, 1.54) is 6.08 Å². The van der Waals surface area contributed by atoms with Gasteiger partial charge < -0.3 is 19.4 Å². The number of carboxylic acids is 1. The second-order valence-corrected chi connectivity index (χ2v) is 4.99. The zero-order valence-electron chi connectivity index (χ0n) is 13.0. The Morgan fingerprint density at radius 3 is 2.39 bits per heavy atom. The fraction of sp³-hybridized carbons (Fsp3) is 0.211. The molecule has 0 amide bonds. The minimum Gasteiger partial charge on any atom is -0.542 e. The highest BCUT2D eigenvalue weighted by Crippen LogP contribution is 2.16. The number of benzene rings is 2. The van der Waals surface area contributed by atoms with Gasteiger partial charge in [0.1, 0.15) is 24.1 Å². The molecule has 0 saturated heterocycles. The molecule has 23 heavy (non-hydrogen) atoms. The second kappa shape index (κ2) is 8.63. The Balaban J connectivity index is 1.99. The summed E-state index contributed by atoms with van der Waals surface area (Å²) in [4.78, 5) is 11.0. The SMILES string of the molecule is CCCO/C(=C\c1ccc(OCc2ccccc2)cc1)C(=O)[O-]. The van der Waals surface area contributed by atoms with Crippen LogP contribution in [0.3, 0.4) is 0 Å². The van der Waals surface area contributed by atoms with E-state index >= 15 is 0 Å². The second-order valence-electron chi connectivity index (χ2n) is 4.99. The van der Waals surface area contributed by atoms with E-state index in [-0.39, 0.29) is 5.76 Å². The minimum absolute atomic E-state index is 0.162. The summed E-state index contributed by atoms with van der Waals surface area (Å²) in [5.41, 5.74) is 1.80. The third-order valence-corrected chi connectivity index (χ3v) is 3.09. The minimum atomic E-state index is -1.32. The van der Waals surface area contributed by atoms with Gasteiger partial charge in [-0.2, -0.15) is 0 Å². The highest BCUT2D eigenvalue weighted by molar-refractivity contribution is 5.88. The molecule has 0 aliphatic heterocycles. The van der Waals surface area contributed by atoms with Crippen molar-refractivity contribution in [2.75, 3.05) is 6.61 Å². The molecule has 0 heterocycles. The topological polar surface area (TPSA) is 58.6 Å². The van der Waals surface area contributed by atoms with E-state index in [0.717, 1.165) is 17.7 Å². The lowest BCUT2D eigenvalue weighted by molar-refractivity contribution is -0.303. The van der Waals surface area contributed by atoms with Crippen LogP contribution >= 0.6 is 0 Å². The molecule has 0 fully saturated rings. The van der Waals surface area contributed by atoms with Gasteiger partial charge in [-0.1, -0.05) is 49.4 Å². The first kappa shape index (κ1) is 16.6. The number of carbonyl (C=O) groups excluding carboxylic acids is 1. The lowest BCUT2D eigenvalue weighted by Crippen LogP contribution is -2.25. The third kappa shape index (κ3) is 5.51. The molecule has 0 atom stereocenters. The van der Waals surface area contributed by atoms with Crippen LogP contribution in [0.5, 0.6) is 5.75 Å². The number of carboxylic acid groups (broad SMARTS) is 1. The van der Waals surface area contributed by atoms with Gasteiger partial charge in [0.05, 0.1) is 6.61 Å². The van der Waals surface area contributed by atoms with Crippen LogP contribution in [0, 0.1) is 0 Å². The molecule has 0 bridgehead atoms. The van der Waals surface area contributed by atoms with Crippen LogP contribution in [-0.2, 0) is 16.1 Å². The van der Waals surface area contributed by atoms with E-state index in [1.54, 1.807) is 24.3 Å². The Kier molecular flexibility index (Phi) is 6.24. The highest BCUT2D eigenvalue weighted by Gasteiger charge is 2.01. The number of rotatable bonds is 8. The Morgan fingerprint density at radius 1 is 1.09 bits per heavy atom. The molecule has 0 unspecified atom stereocenters. The van der Waals surface area contributed by atoms with Crippen LogP contribution in [0.15, 0.2) is 60.4 Å². The van der Waals surface area contributed by atoms with Gasteiger partial charge in [0, 0.05) is 0 Å². The molecule has 0 aliphatic rings. The number of hydrogen-bond donors (Lipinski definition) is 0. The molecular weight excluding hydrogens is 292 g/mol. The molecule has 0 aliphatic carbocycles. The van der Waals surface area contributed by atoms with Gasteiger partial charge in [-0.05, 0) is 35.8 Å². The van der Waals surface area contributed by atoms with E-state index < -0.39 is 5.97 Å². The number of hydrogen-bond acceptors (Lipinski definition) is 4. The molecule has 0 aromatic heterocycles. The van der Waals surface area contributed by atoms with Crippen LogP contribution < -0.4 is 9.84 Å². The Morgan fingerprint density at radius 2 is 1.78 bits per heavy atom. The first-order valence-corrected chi connectivity index (χ1v) is 7.51. The monoisotopic (exact) mass is 311 g/mol. The average molecular weight is 311 g/mol. The summed E-state index contributed by atoms with van der Waals surface area (Å²) in [6, 6.07) is 17.0. The van der Waals surface area contributed by atoms with E-state index in [0.29, 0.717) is 18.8 Å². The van der Waals surface area contributed by atoms with Gasteiger partial charge >= 0.3 is 0 Å². The number of aliphatic carboxylic acids is 1. The molecule has 0 saturated carbocycles. The van der Waals surface area contributed by atoms with Gasteiger partial charge in [0.25, 0.3) is 0 Å². The maximum absolute atomic E-state index is 11.0. The van der Waals surface area contributed by atoms with E-state index in [1.807, 2.05) is 37.3 Å². The number of ether oxygens (including phenoxy) is 2. The zero-order valence-corrected chi connectivity index (χ0v) is 13.0. The maximum atomic E-state index is 11.0. The molecule has 0 spiro atoms. The first-order chi connectivity index (χ1) is 11.2. The highest BCUT2D eigenvalue weighted by atomic mass is 16.5. The van der Waals surface area contributed by atoms with Gasteiger partial charge in [0.15, 0.2) is 0 Å². The molecule has 4 nitrogen and oxygen atoms in total. The van der Waals surface area contributed by atoms with E-state index in [9.17, 15) is 9.90 Å². The zero-order chi connectivity index (χ0) is 16.5. The summed E-state index contributed by atoms with van der Waals surface area (Å²) in [6.45, 7) is 2.74. The largest absolute Gasteiger partial charge is 0.542 e. The van der Waals surface area contributed by atoms with Crippen molar-refractivity contribution in [1.29, 1.82) is 0 Å². The van der Waals surface area contributed by atoms with Crippen molar-refractivity contribution in [3.05, 3.63) is 71.5 Å². The fourth-order valence-electron chi connectivity index (χ4n) is 1.92. The van der Waals surface area contributed by atoms with Crippen LogP contribution in [0.25, 0.3) is 6.08 Å². The Bertz CT molecular complexity index is 645. The van der Waals surface area contributed by atoms with E-state index in [4.69, 9.17) is 9.47 Å². The fourth-order valence-corrected chi connectivity index (χ4v) is 1.92. The Hall–Kier alpha value is -2.75. The summed E-state index contributed by atoms with van der Waals surface area (Å²) < 4.78 is 10.8. The van der Waals surface area contributed by atoms with Gasteiger partial charge in [0.2, 0.25) is 0 Å². The quantitative estimate of drug-likeness (QED) is 0.555. The predicted molar refractivity (Wildman–Crippen MR) is 86.4 cm³/mol. The normalized spacial score (nSPS) is 11.1. The van der Waals surface area contributed by atoms with Crippen molar-refractivity contribution in [2.45, 2.75) is 20.0 Å². The maximum Gasteiger partial charge on any atom is 0.142 e. The molecule has 0 N–H and O–H groups in total. The van der Waals surface area contributed by atoms with Crippen molar-refractivity contribution in [3.8, 4) is 5.75 Å². The standard InChI is InChI=1S/C19H20O4/c1-2-12-22-18(19(20)21)13-15-8-10-17(11-9-15)23-14-16-6-4-3-5-7-16/h3-11,13H,2,12,14H2,1H3,(H,20,21)/p-1/b18-13-. The molecule has 0 radical (unpaired) electrons. The first-order valence-electron chi connectivity index (χ1n) is 7.51. The van der Waals surface area contributed by atoms with Crippen molar-refractivity contribution < 1.29 is 19.4 Å². The van der Waals surface area contributed by atoms with Crippen LogP contribution in [0.2, 0.25) is 0 Å². The van der Waals surface area contributed by atoms with E-state index in [2.05, 4.69) is 0 Å². The molecule has 2 aromatic rings. The molecule has 2 rings (SSSR count). The van der Waals surface area contributed by atoms with Crippen LogP contribution in [-0.4, -0.2) is 12.6 Å². The van der Waals surface area contributed by atoms with Crippen LogP contribution in [0.1, 0.15) is 24.5 Å². The van der Waals surface area contributed by atoms with Crippen molar-refractivity contribution in [1.82, 2.24) is 0 Å². The smallest absolute Gasteiger partial charge is 0.142 e. The van der Waals surface area contributed by atoms with Crippen LogP contribution in [0.4, 0.5) is 0 Å².